The quantitative estimate of drug-likeness (QED) is 0.721. The minimum atomic E-state index is -0.604. The average Bonchev–Trinajstić information content (AvgIpc) is 2.68. The first kappa shape index (κ1) is 8.43. The lowest BCUT2D eigenvalue weighted by Crippen LogP contribution is -2.19. The molecule has 0 saturated heterocycles. The zero-order chi connectivity index (χ0) is 9.97. The van der Waals surface area contributed by atoms with E-state index < -0.39 is 6.03 Å². The Labute approximate surface area is 80.2 Å². The largest absolute Gasteiger partial charge is 0.350 e. The summed E-state index contributed by atoms with van der Waals surface area (Å²) < 4.78 is 1.07. The summed E-state index contributed by atoms with van der Waals surface area (Å²) in [4.78, 5) is 14.8. The highest BCUT2D eigenvalue weighted by molar-refractivity contribution is 5.74. The highest BCUT2D eigenvalue weighted by atomic mass is 16.2. The van der Waals surface area contributed by atoms with Crippen molar-refractivity contribution in [3.63, 3.8) is 0 Å². The number of rotatable bonds is 1. The first-order chi connectivity index (χ1) is 6.77. The summed E-state index contributed by atoms with van der Waals surface area (Å²) in [5, 5.41) is 3.96. The van der Waals surface area contributed by atoms with E-state index in [0.29, 0.717) is 11.4 Å². The highest BCUT2D eigenvalue weighted by Crippen LogP contribution is 2.12. The molecular formula is C9H8N4O. The number of hydrogen-bond donors (Lipinski definition) is 1. The second-order valence-corrected chi connectivity index (χ2v) is 2.70. The lowest BCUT2D eigenvalue weighted by Gasteiger charge is -1.93. The number of primary amides is 1. The lowest BCUT2D eigenvalue weighted by atomic mass is 10.3. The van der Waals surface area contributed by atoms with E-state index in [2.05, 4.69) is 10.1 Å². The van der Waals surface area contributed by atoms with Gasteiger partial charge < -0.3 is 5.73 Å². The Morgan fingerprint density at radius 2 is 2.14 bits per heavy atom. The van der Waals surface area contributed by atoms with Gasteiger partial charge in [-0.1, -0.05) is 6.07 Å². The van der Waals surface area contributed by atoms with E-state index >= 15 is 0 Å². The van der Waals surface area contributed by atoms with Gasteiger partial charge in [0, 0.05) is 12.4 Å². The van der Waals surface area contributed by atoms with E-state index in [1.165, 1.54) is 6.20 Å². The standard InChI is InChI=1S/C9H8N4O/c10-9(14)13-6-4-8(12-13)7-3-1-2-5-11-7/h1-6H,(H2,10,14). The topological polar surface area (TPSA) is 73.8 Å². The number of hydrogen-bond acceptors (Lipinski definition) is 3. The number of nitrogens with zero attached hydrogens (tertiary/aromatic N) is 3. The molecule has 0 fully saturated rings. The number of amides is 1. The summed E-state index contributed by atoms with van der Waals surface area (Å²) >= 11 is 0. The molecule has 5 heteroatoms. The summed E-state index contributed by atoms with van der Waals surface area (Å²) in [5.74, 6) is 0. The van der Waals surface area contributed by atoms with Crippen molar-refractivity contribution in [2.24, 2.45) is 5.73 Å². The molecule has 70 valence electrons. The molecule has 14 heavy (non-hydrogen) atoms. The van der Waals surface area contributed by atoms with Crippen LogP contribution in [-0.2, 0) is 0 Å². The second-order valence-electron chi connectivity index (χ2n) is 2.70. The zero-order valence-electron chi connectivity index (χ0n) is 7.29. The van der Waals surface area contributed by atoms with Crippen LogP contribution in [0.15, 0.2) is 36.7 Å². The first-order valence-corrected chi connectivity index (χ1v) is 4.04. The molecule has 0 atom stereocenters. The maximum atomic E-state index is 10.7. The maximum absolute atomic E-state index is 10.7. The lowest BCUT2D eigenvalue weighted by molar-refractivity contribution is 0.248. The average molecular weight is 188 g/mol. The highest BCUT2D eigenvalue weighted by Gasteiger charge is 2.04. The van der Waals surface area contributed by atoms with Crippen LogP contribution < -0.4 is 5.73 Å². The van der Waals surface area contributed by atoms with Gasteiger partial charge in [-0.15, -0.1) is 0 Å². The van der Waals surface area contributed by atoms with Crippen molar-refractivity contribution in [2.75, 3.05) is 0 Å². The number of carbonyl (C=O) groups excluding carboxylic acids is 1. The van der Waals surface area contributed by atoms with Gasteiger partial charge in [-0.05, 0) is 18.2 Å². The molecule has 0 bridgehead atoms. The SMILES string of the molecule is NC(=O)n1ccc(-c2ccccn2)n1. The summed E-state index contributed by atoms with van der Waals surface area (Å²) in [6.07, 6.45) is 3.17. The van der Waals surface area contributed by atoms with Crippen molar-refractivity contribution < 1.29 is 4.79 Å². The fourth-order valence-electron chi connectivity index (χ4n) is 1.10. The van der Waals surface area contributed by atoms with Crippen molar-refractivity contribution in [1.82, 2.24) is 14.8 Å². The molecule has 2 aromatic heterocycles. The van der Waals surface area contributed by atoms with Crippen LogP contribution in [0.1, 0.15) is 0 Å². The van der Waals surface area contributed by atoms with Crippen LogP contribution in [-0.4, -0.2) is 20.8 Å². The third-order valence-electron chi connectivity index (χ3n) is 1.74. The van der Waals surface area contributed by atoms with Crippen molar-refractivity contribution in [3.05, 3.63) is 36.7 Å². The van der Waals surface area contributed by atoms with E-state index in [0.717, 1.165) is 4.68 Å². The third-order valence-corrected chi connectivity index (χ3v) is 1.74. The van der Waals surface area contributed by atoms with Crippen molar-refractivity contribution in [2.45, 2.75) is 0 Å². The van der Waals surface area contributed by atoms with Crippen molar-refractivity contribution in [1.29, 1.82) is 0 Å². The molecule has 0 spiro atoms. The number of nitrogens with two attached hydrogens (primary N) is 1. The molecule has 0 aliphatic rings. The first-order valence-electron chi connectivity index (χ1n) is 4.04. The van der Waals surface area contributed by atoms with E-state index in [9.17, 15) is 4.79 Å². The fraction of sp³-hybridized carbons (Fsp3) is 0. The van der Waals surface area contributed by atoms with Crippen LogP contribution in [0.25, 0.3) is 11.4 Å². The van der Waals surface area contributed by atoms with Gasteiger partial charge in [0.05, 0.1) is 5.69 Å². The van der Waals surface area contributed by atoms with E-state index in [1.807, 2.05) is 18.2 Å². The van der Waals surface area contributed by atoms with Crippen LogP contribution in [0.4, 0.5) is 4.79 Å². The van der Waals surface area contributed by atoms with Crippen LogP contribution in [0.3, 0.4) is 0 Å². The predicted molar refractivity (Wildman–Crippen MR) is 50.4 cm³/mol. The number of aromatic nitrogens is 3. The van der Waals surface area contributed by atoms with Crippen LogP contribution in [0.5, 0.6) is 0 Å². The van der Waals surface area contributed by atoms with Gasteiger partial charge in [0.1, 0.15) is 5.69 Å². The molecular weight excluding hydrogens is 180 g/mol. The summed E-state index contributed by atoms with van der Waals surface area (Å²) in [6.45, 7) is 0. The van der Waals surface area contributed by atoms with Gasteiger partial charge in [0.2, 0.25) is 0 Å². The van der Waals surface area contributed by atoms with Crippen LogP contribution >= 0.6 is 0 Å². The predicted octanol–water partition coefficient (Wildman–Crippen LogP) is 0.872. The Kier molecular flexibility index (Phi) is 1.98. The molecule has 0 unspecified atom stereocenters. The minimum Gasteiger partial charge on any atom is -0.350 e. The molecule has 0 saturated carbocycles. The Morgan fingerprint density at radius 1 is 1.29 bits per heavy atom. The molecule has 0 aliphatic heterocycles. The van der Waals surface area contributed by atoms with Gasteiger partial charge in [0.25, 0.3) is 0 Å². The van der Waals surface area contributed by atoms with Gasteiger partial charge >= 0.3 is 6.03 Å². The van der Waals surface area contributed by atoms with Crippen LogP contribution in [0.2, 0.25) is 0 Å². The minimum absolute atomic E-state index is 0.604. The van der Waals surface area contributed by atoms with E-state index in [4.69, 9.17) is 5.73 Å². The molecule has 2 heterocycles. The second kappa shape index (κ2) is 3.29. The smallest absolute Gasteiger partial charge is 0.339 e. The maximum Gasteiger partial charge on any atom is 0.339 e. The van der Waals surface area contributed by atoms with Crippen LogP contribution in [0, 0.1) is 0 Å². The van der Waals surface area contributed by atoms with E-state index in [1.54, 1.807) is 12.3 Å². The molecule has 0 radical (unpaired) electrons. The van der Waals surface area contributed by atoms with E-state index in [-0.39, 0.29) is 0 Å². The Balaban J connectivity index is 2.39. The molecule has 0 aliphatic carbocycles. The molecule has 2 N–H and O–H groups in total. The molecule has 5 nitrogen and oxygen atoms in total. The third kappa shape index (κ3) is 1.47. The Morgan fingerprint density at radius 3 is 2.71 bits per heavy atom. The monoisotopic (exact) mass is 188 g/mol. The summed E-state index contributed by atoms with van der Waals surface area (Å²) in [7, 11) is 0. The number of pyridine rings is 1. The van der Waals surface area contributed by atoms with Crippen molar-refractivity contribution >= 4 is 6.03 Å². The fourth-order valence-corrected chi connectivity index (χ4v) is 1.10. The normalized spacial score (nSPS) is 10.0. The zero-order valence-corrected chi connectivity index (χ0v) is 7.29. The van der Waals surface area contributed by atoms with Gasteiger partial charge in [-0.25, -0.2) is 4.79 Å². The number of carbonyl (C=O) groups is 1. The molecule has 2 aromatic rings. The molecule has 0 aromatic carbocycles. The van der Waals surface area contributed by atoms with Gasteiger partial charge in [0.15, 0.2) is 0 Å². The van der Waals surface area contributed by atoms with Crippen molar-refractivity contribution in [3.8, 4) is 11.4 Å². The summed E-state index contributed by atoms with van der Waals surface area (Å²) in [5.41, 5.74) is 6.39. The Hall–Kier alpha value is -2.17. The van der Waals surface area contributed by atoms with Gasteiger partial charge in [-0.3, -0.25) is 4.98 Å². The molecule has 2 rings (SSSR count). The molecule has 1 amide bonds. The Bertz CT molecular complexity index is 449. The van der Waals surface area contributed by atoms with Gasteiger partial charge in [-0.2, -0.15) is 9.78 Å². The summed E-state index contributed by atoms with van der Waals surface area (Å²) in [6, 6.07) is 6.56.